The third-order valence-electron chi connectivity index (χ3n) is 4.84. The van der Waals surface area contributed by atoms with Crippen LogP contribution in [0.4, 0.5) is 13.2 Å². The number of hydrogen-bond donors (Lipinski definition) is 2. The van der Waals surface area contributed by atoms with Gasteiger partial charge in [0.1, 0.15) is 0 Å². The molecule has 0 aromatic heterocycles. The Morgan fingerprint density at radius 1 is 1.12 bits per heavy atom. The van der Waals surface area contributed by atoms with Crippen molar-refractivity contribution >= 4 is 21.9 Å². The number of aryl methyl sites for hydroxylation is 3. The number of piperazine rings is 1. The zero-order valence-electron chi connectivity index (χ0n) is 18.6. The molecule has 0 saturated carbocycles. The van der Waals surface area contributed by atoms with Crippen molar-refractivity contribution in [2.24, 2.45) is 0 Å². The van der Waals surface area contributed by atoms with Crippen LogP contribution >= 0.6 is 0 Å². The Balaban J connectivity index is 0.000000633. The highest BCUT2D eigenvalue weighted by molar-refractivity contribution is 7.89. The first-order valence-corrected chi connectivity index (χ1v) is 11.5. The van der Waals surface area contributed by atoms with Gasteiger partial charge in [-0.3, -0.25) is 4.79 Å². The van der Waals surface area contributed by atoms with Crippen LogP contribution in [0.1, 0.15) is 30.0 Å². The Labute approximate surface area is 186 Å². The van der Waals surface area contributed by atoms with Crippen LogP contribution in [-0.4, -0.2) is 80.1 Å². The van der Waals surface area contributed by atoms with Gasteiger partial charge >= 0.3 is 12.1 Å². The van der Waals surface area contributed by atoms with E-state index >= 15 is 0 Å². The van der Waals surface area contributed by atoms with Gasteiger partial charge in [-0.25, -0.2) is 13.2 Å². The van der Waals surface area contributed by atoms with Crippen molar-refractivity contribution in [1.29, 1.82) is 0 Å². The zero-order valence-corrected chi connectivity index (χ0v) is 19.4. The minimum Gasteiger partial charge on any atom is -0.475 e. The summed E-state index contributed by atoms with van der Waals surface area (Å²) in [5.74, 6) is -2.74. The van der Waals surface area contributed by atoms with Crippen molar-refractivity contribution in [3.63, 3.8) is 0 Å². The lowest BCUT2D eigenvalue weighted by atomic mass is 10.1. The number of nitrogens with zero attached hydrogens (tertiary/aromatic N) is 2. The lowest BCUT2D eigenvalue weighted by Crippen LogP contribution is -2.47. The Morgan fingerprint density at radius 3 is 2.00 bits per heavy atom. The largest absolute Gasteiger partial charge is 0.490 e. The second-order valence-corrected chi connectivity index (χ2v) is 9.28. The van der Waals surface area contributed by atoms with E-state index in [1.807, 2.05) is 39.8 Å². The van der Waals surface area contributed by atoms with Gasteiger partial charge in [0.05, 0.1) is 4.90 Å². The molecule has 1 aliphatic heterocycles. The van der Waals surface area contributed by atoms with E-state index in [4.69, 9.17) is 9.90 Å². The SMILES string of the molecule is CCN(CCC(=O)N1CCNCC1)S(=O)(=O)c1c(C)cc(C)cc1C.O=C(O)C(F)(F)F. The molecule has 1 aromatic carbocycles. The maximum Gasteiger partial charge on any atom is 0.490 e. The summed E-state index contributed by atoms with van der Waals surface area (Å²) in [6, 6.07) is 3.78. The van der Waals surface area contributed by atoms with Gasteiger partial charge < -0.3 is 15.3 Å². The summed E-state index contributed by atoms with van der Waals surface area (Å²) in [7, 11) is -3.61. The predicted octanol–water partition coefficient (Wildman–Crippen LogP) is 2.08. The zero-order chi connectivity index (χ0) is 24.7. The van der Waals surface area contributed by atoms with E-state index in [1.165, 1.54) is 4.31 Å². The number of carboxylic acids is 1. The Morgan fingerprint density at radius 2 is 1.59 bits per heavy atom. The fourth-order valence-corrected chi connectivity index (χ4v) is 5.31. The molecule has 1 amide bonds. The van der Waals surface area contributed by atoms with Crippen LogP contribution in [-0.2, 0) is 19.6 Å². The number of aliphatic carboxylic acids is 1. The molecule has 0 radical (unpaired) electrons. The average Bonchev–Trinajstić information content (AvgIpc) is 2.67. The smallest absolute Gasteiger partial charge is 0.475 e. The summed E-state index contributed by atoms with van der Waals surface area (Å²) in [6.45, 7) is 11.0. The van der Waals surface area contributed by atoms with Crippen LogP contribution < -0.4 is 5.32 Å². The Hall–Kier alpha value is -2.18. The standard InChI is InChI=1S/C18H29N3O3S.C2HF3O2/c1-5-21(9-6-17(22)20-10-7-19-8-11-20)25(23,24)18-15(3)12-14(2)13-16(18)4;3-2(4,5)1(6)7/h12-13,19H,5-11H2,1-4H3;(H,6,7). The maximum absolute atomic E-state index is 13.1. The third kappa shape index (κ3) is 7.75. The fraction of sp³-hybridized carbons (Fsp3) is 0.600. The van der Waals surface area contributed by atoms with E-state index in [0.717, 1.165) is 29.8 Å². The molecule has 2 rings (SSSR count). The van der Waals surface area contributed by atoms with Crippen molar-refractivity contribution < 1.29 is 36.3 Å². The highest BCUT2D eigenvalue weighted by Gasteiger charge is 2.38. The number of sulfonamides is 1. The number of alkyl halides is 3. The van der Waals surface area contributed by atoms with Gasteiger partial charge in [0, 0.05) is 45.7 Å². The van der Waals surface area contributed by atoms with E-state index in [0.29, 0.717) is 24.5 Å². The number of nitrogens with one attached hydrogen (secondary N) is 1. The van der Waals surface area contributed by atoms with Gasteiger partial charge in [-0.1, -0.05) is 24.6 Å². The molecule has 0 aliphatic carbocycles. The number of amides is 1. The molecule has 32 heavy (non-hydrogen) atoms. The molecule has 0 bridgehead atoms. The van der Waals surface area contributed by atoms with Gasteiger partial charge in [-0.05, 0) is 31.9 Å². The van der Waals surface area contributed by atoms with Crippen LogP contribution in [0, 0.1) is 20.8 Å². The van der Waals surface area contributed by atoms with Crippen molar-refractivity contribution in [2.45, 2.75) is 45.2 Å². The molecule has 0 unspecified atom stereocenters. The molecule has 1 fully saturated rings. The molecule has 0 spiro atoms. The average molecular weight is 482 g/mol. The van der Waals surface area contributed by atoms with Crippen LogP contribution in [0.15, 0.2) is 17.0 Å². The molecular weight excluding hydrogens is 451 g/mol. The molecule has 1 heterocycles. The van der Waals surface area contributed by atoms with Crippen LogP contribution in [0.3, 0.4) is 0 Å². The predicted molar refractivity (Wildman–Crippen MR) is 113 cm³/mol. The second kappa shape index (κ2) is 11.6. The van der Waals surface area contributed by atoms with E-state index in [9.17, 15) is 26.4 Å². The topological polar surface area (TPSA) is 107 Å². The minimum atomic E-state index is -5.08. The first-order valence-electron chi connectivity index (χ1n) is 10.1. The number of hydrogen-bond acceptors (Lipinski definition) is 5. The van der Waals surface area contributed by atoms with E-state index < -0.39 is 22.2 Å². The molecular formula is C20H30F3N3O5S. The van der Waals surface area contributed by atoms with Crippen LogP contribution in [0.5, 0.6) is 0 Å². The summed E-state index contributed by atoms with van der Waals surface area (Å²) in [5.41, 5.74) is 2.56. The fourth-order valence-electron chi connectivity index (χ4n) is 3.44. The minimum absolute atomic E-state index is 0.0208. The summed E-state index contributed by atoms with van der Waals surface area (Å²) in [6.07, 6.45) is -4.86. The molecule has 1 aromatic rings. The monoisotopic (exact) mass is 481 g/mol. The number of carboxylic acid groups (broad SMARTS) is 1. The molecule has 1 aliphatic rings. The molecule has 0 atom stereocenters. The summed E-state index contributed by atoms with van der Waals surface area (Å²) in [5, 5.41) is 10.3. The van der Waals surface area contributed by atoms with Gasteiger partial charge in [0.15, 0.2) is 0 Å². The molecule has 8 nitrogen and oxygen atoms in total. The summed E-state index contributed by atoms with van der Waals surface area (Å²) >= 11 is 0. The Bertz CT molecular complexity index is 891. The number of rotatable bonds is 6. The molecule has 2 N–H and O–H groups in total. The number of halogens is 3. The highest BCUT2D eigenvalue weighted by Crippen LogP contribution is 2.25. The van der Waals surface area contributed by atoms with E-state index in [1.54, 1.807) is 4.90 Å². The first kappa shape index (κ1) is 27.9. The normalized spacial score (nSPS) is 14.7. The lowest BCUT2D eigenvalue weighted by Gasteiger charge is -2.29. The Kier molecular flexibility index (Phi) is 10.1. The van der Waals surface area contributed by atoms with Crippen molar-refractivity contribution in [3.8, 4) is 0 Å². The lowest BCUT2D eigenvalue weighted by molar-refractivity contribution is -0.192. The third-order valence-corrected chi connectivity index (χ3v) is 7.12. The highest BCUT2D eigenvalue weighted by atomic mass is 32.2. The number of carbonyl (C=O) groups excluding carboxylic acids is 1. The molecule has 182 valence electrons. The second-order valence-electron chi connectivity index (χ2n) is 7.41. The van der Waals surface area contributed by atoms with Gasteiger partial charge in [-0.15, -0.1) is 0 Å². The maximum atomic E-state index is 13.1. The van der Waals surface area contributed by atoms with Crippen molar-refractivity contribution in [1.82, 2.24) is 14.5 Å². The molecule has 12 heteroatoms. The van der Waals surface area contributed by atoms with Gasteiger partial charge in [0.25, 0.3) is 0 Å². The van der Waals surface area contributed by atoms with Gasteiger partial charge in [-0.2, -0.15) is 17.5 Å². The number of benzene rings is 1. The quantitative estimate of drug-likeness (QED) is 0.644. The first-order chi connectivity index (χ1) is 14.7. The summed E-state index contributed by atoms with van der Waals surface area (Å²) in [4.78, 5) is 23.4. The van der Waals surface area contributed by atoms with Crippen molar-refractivity contribution in [2.75, 3.05) is 39.3 Å². The van der Waals surface area contributed by atoms with Crippen LogP contribution in [0.25, 0.3) is 0 Å². The van der Waals surface area contributed by atoms with Crippen molar-refractivity contribution in [3.05, 3.63) is 28.8 Å². The van der Waals surface area contributed by atoms with E-state index in [-0.39, 0.29) is 18.9 Å². The summed E-state index contributed by atoms with van der Waals surface area (Å²) < 4.78 is 59.3. The molecule has 1 saturated heterocycles. The van der Waals surface area contributed by atoms with E-state index in [2.05, 4.69) is 5.32 Å². The van der Waals surface area contributed by atoms with Crippen LogP contribution in [0.2, 0.25) is 0 Å². The van der Waals surface area contributed by atoms with Gasteiger partial charge in [0.2, 0.25) is 15.9 Å². The number of carbonyl (C=O) groups is 2.